The summed E-state index contributed by atoms with van der Waals surface area (Å²) in [6, 6.07) is -3.68. The van der Waals surface area contributed by atoms with E-state index in [2.05, 4.69) is 41.7 Å². The number of Topliss-reactive ketones (excluding diaryl/α,β-unsaturated/α-hetero) is 1. The molecule has 3 rings (SSSR count). The molecule has 2 aliphatic carbocycles. The van der Waals surface area contributed by atoms with Gasteiger partial charge in [0.15, 0.2) is 0 Å². The summed E-state index contributed by atoms with van der Waals surface area (Å²) >= 11 is 0. The molecule has 0 bridgehead atoms. The first-order valence-corrected chi connectivity index (χ1v) is 17.3. The van der Waals surface area contributed by atoms with Crippen molar-refractivity contribution in [2.45, 2.75) is 132 Å². The summed E-state index contributed by atoms with van der Waals surface area (Å²) in [5.74, 6) is -3.35. The van der Waals surface area contributed by atoms with Crippen LogP contribution in [-0.4, -0.2) is 82.8 Å². The summed E-state index contributed by atoms with van der Waals surface area (Å²) < 4.78 is 5.70. The van der Waals surface area contributed by atoms with Crippen molar-refractivity contribution in [3.8, 4) is 0 Å². The van der Waals surface area contributed by atoms with Gasteiger partial charge in [0, 0.05) is 18.5 Å². The number of likely N-dealkylation sites (tertiary alicyclic amines) is 1. The van der Waals surface area contributed by atoms with Gasteiger partial charge >= 0.3 is 12.0 Å². The molecule has 1 unspecified atom stereocenters. The van der Waals surface area contributed by atoms with E-state index in [1.54, 1.807) is 20.8 Å². The van der Waals surface area contributed by atoms with Crippen LogP contribution in [0.4, 0.5) is 4.79 Å². The van der Waals surface area contributed by atoms with Crippen LogP contribution in [0.15, 0.2) is 12.7 Å². The Balaban J connectivity index is 1.86. The van der Waals surface area contributed by atoms with Crippen LogP contribution in [0.1, 0.15) is 102 Å². The van der Waals surface area contributed by atoms with Crippen LogP contribution >= 0.6 is 0 Å². The highest BCUT2D eigenvalue weighted by Gasteiger charge is 2.76. The van der Waals surface area contributed by atoms with Crippen LogP contribution in [0.25, 0.3) is 0 Å². The van der Waals surface area contributed by atoms with Gasteiger partial charge in [-0.1, -0.05) is 81.2 Å². The molecule has 48 heavy (non-hydrogen) atoms. The minimum atomic E-state index is -1.28. The molecule has 1 heterocycles. The highest BCUT2D eigenvalue weighted by Crippen LogP contribution is 2.65. The standard InChI is InChI=1S/C36H59N5O7/c1-14-16-17-22(25(42)28(44)37-18-15-2)38-27(43)24-23-21(34(23,10)11)19-41(24)29(45)26(32(4,5)6)39-31(47)40-36(20(3)35(36,12)13)30(46)48-33(7,8)9/h15,20-24,26H,2,14,16-19H2,1,3-13H3,(H,37,44)(H,38,43)(H2,39,40,47)/t20-,21+,22?,23+,24+,26-,36-/m1/s1. The van der Waals surface area contributed by atoms with Crippen LogP contribution in [0.5, 0.6) is 0 Å². The van der Waals surface area contributed by atoms with E-state index in [1.165, 1.54) is 11.0 Å². The molecule has 0 aromatic rings. The van der Waals surface area contributed by atoms with Crippen LogP contribution in [0, 0.1) is 34.0 Å². The molecule has 12 nitrogen and oxygen atoms in total. The number of carbonyl (C=O) groups is 6. The minimum Gasteiger partial charge on any atom is -0.458 e. The van der Waals surface area contributed by atoms with Crippen LogP contribution in [0.3, 0.4) is 0 Å². The lowest BCUT2D eigenvalue weighted by Crippen LogP contribution is -2.63. The predicted molar refractivity (Wildman–Crippen MR) is 182 cm³/mol. The van der Waals surface area contributed by atoms with Crippen LogP contribution in [-0.2, 0) is 28.7 Å². The number of hydrogen-bond donors (Lipinski definition) is 4. The number of nitrogens with zero attached hydrogens (tertiary/aromatic N) is 1. The Morgan fingerprint density at radius 1 is 1.00 bits per heavy atom. The number of urea groups is 1. The van der Waals surface area contributed by atoms with Crippen molar-refractivity contribution in [3.63, 3.8) is 0 Å². The van der Waals surface area contributed by atoms with Crippen molar-refractivity contribution in [1.29, 1.82) is 0 Å². The summed E-state index contributed by atoms with van der Waals surface area (Å²) in [4.78, 5) is 82.6. The van der Waals surface area contributed by atoms with Crippen molar-refractivity contribution < 1.29 is 33.5 Å². The number of amides is 5. The van der Waals surface area contributed by atoms with Gasteiger partial charge < -0.3 is 30.9 Å². The largest absolute Gasteiger partial charge is 0.458 e. The van der Waals surface area contributed by atoms with E-state index in [1.807, 2.05) is 48.5 Å². The fraction of sp³-hybridized carbons (Fsp3) is 0.778. The molecule has 7 atom stereocenters. The Morgan fingerprint density at radius 3 is 2.06 bits per heavy atom. The molecular formula is C36H59N5O7. The Kier molecular flexibility index (Phi) is 10.9. The lowest BCUT2D eigenvalue weighted by Gasteiger charge is -2.38. The Labute approximate surface area is 286 Å². The van der Waals surface area contributed by atoms with Gasteiger partial charge in [-0.05, 0) is 55.8 Å². The molecule has 12 heteroatoms. The van der Waals surface area contributed by atoms with Crippen LogP contribution < -0.4 is 21.3 Å². The zero-order valence-electron chi connectivity index (χ0n) is 31.1. The smallest absolute Gasteiger partial charge is 0.333 e. The molecule has 0 radical (unpaired) electrons. The molecule has 5 amide bonds. The van der Waals surface area contributed by atoms with Crippen molar-refractivity contribution in [2.75, 3.05) is 13.1 Å². The highest BCUT2D eigenvalue weighted by atomic mass is 16.6. The summed E-state index contributed by atoms with van der Waals surface area (Å²) in [5.41, 5.74) is -3.62. The predicted octanol–water partition coefficient (Wildman–Crippen LogP) is 3.49. The fourth-order valence-electron chi connectivity index (χ4n) is 7.46. The quantitative estimate of drug-likeness (QED) is 0.132. The monoisotopic (exact) mass is 673 g/mol. The zero-order chi connectivity index (χ0) is 36.8. The van der Waals surface area contributed by atoms with Gasteiger partial charge in [-0.15, -0.1) is 6.58 Å². The summed E-state index contributed by atoms with van der Waals surface area (Å²) in [5, 5.41) is 11.0. The van der Waals surface area contributed by atoms with E-state index in [0.29, 0.717) is 13.0 Å². The van der Waals surface area contributed by atoms with E-state index in [0.717, 1.165) is 6.42 Å². The van der Waals surface area contributed by atoms with Gasteiger partial charge in [0.2, 0.25) is 17.6 Å². The average molecular weight is 674 g/mol. The second kappa shape index (κ2) is 13.5. The van der Waals surface area contributed by atoms with Gasteiger partial charge in [0.05, 0.1) is 6.04 Å². The maximum atomic E-state index is 14.4. The number of esters is 1. The van der Waals surface area contributed by atoms with Crippen molar-refractivity contribution in [2.24, 2.45) is 34.0 Å². The Hall–Kier alpha value is -3.44. The molecular weight excluding hydrogens is 614 g/mol. The molecule has 3 aliphatic rings. The number of carbonyl (C=O) groups excluding carboxylic acids is 6. The van der Waals surface area contributed by atoms with Crippen LogP contribution in [0.2, 0.25) is 0 Å². The molecule has 1 saturated heterocycles. The van der Waals surface area contributed by atoms with E-state index < -0.39 is 75.6 Å². The Bertz CT molecular complexity index is 1330. The molecule has 1 aliphatic heterocycles. The number of piperidine rings is 1. The van der Waals surface area contributed by atoms with Crippen molar-refractivity contribution in [3.05, 3.63) is 12.7 Å². The summed E-state index contributed by atoms with van der Waals surface area (Å²) in [6.45, 7) is 26.4. The third-order valence-corrected chi connectivity index (χ3v) is 11.0. The molecule has 0 aromatic heterocycles. The highest BCUT2D eigenvalue weighted by molar-refractivity contribution is 6.38. The van der Waals surface area contributed by atoms with Gasteiger partial charge in [0.1, 0.15) is 23.2 Å². The summed E-state index contributed by atoms with van der Waals surface area (Å²) in [6.07, 6.45) is 3.11. The van der Waals surface area contributed by atoms with E-state index >= 15 is 0 Å². The number of unbranched alkanes of at least 4 members (excludes halogenated alkanes) is 1. The fourth-order valence-corrected chi connectivity index (χ4v) is 7.46. The lowest BCUT2D eigenvalue weighted by molar-refractivity contribution is -0.160. The normalized spacial score (nSPS) is 27.8. The topological polar surface area (TPSA) is 163 Å². The maximum Gasteiger partial charge on any atom is 0.333 e. The maximum absolute atomic E-state index is 14.4. The first-order chi connectivity index (χ1) is 21.9. The first-order valence-electron chi connectivity index (χ1n) is 17.3. The second-order valence-corrected chi connectivity index (χ2v) is 17.1. The lowest BCUT2D eigenvalue weighted by atomic mass is 9.85. The number of ketones is 1. The molecule has 4 N–H and O–H groups in total. The number of hydrogen-bond acceptors (Lipinski definition) is 7. The first kappa shape index (κ1) is 39.0. The molecule has 270 valence electrons. The number of ether oxygens (including phenoxy) is 1. The number of rotatable bonds is 13. The third kappa shape index (κ3) is 7.42. The number of fused-ring (bicyclic) bond motifs is 1. The van der Waals surface area contributed by atoms with Gasteiger partial charge in [-0.3, -0.25) is 19.2 Å². The summed E-state index contributed by atoms with van der Waals surface area (Å²) in [7, 11) is 0. The Morgan fingerprint density at radius 2 is 1.58 bits per heavy atom. The van der Waals surface area contributed by atoms with Gasteiger partial charge in [0.25, 0.3) is 5.91 Å². The molecule has 2 saturated carbocycles. The van der Waals surface area contributed by atoms with Crippen molar-refractivity contribution in [1.82, 2.24) is 26.2 Å². The second-order valence-electron chi connectivity index (χ2n) is 17.1. The van der Waals surface area contributed by atoms with Crippen molar-refractivity contribution >= 4 is 35.5 Å². The minimum absolute atomic E-state index is 0.0517. The molecule has 0 spiro atoms. The molecule has 0 aromatic carbocycles. The zero-order valence-corrected chi connectivity index (χ0v) is 31.1. The number of nitrogens with one attached hydrogen (secondary N) is 4. The third-order valence-electron chi connectivity index (χ3n) is 11.0. The average Bonchev–Trinajstić information content (AvgIpc) is 3.49. The van der Waals surface area contributed by atoms with Gasteiger partial charge in [-0.25, -0.2) is 9.59 Å². The van der Waals surface area contributed by atoms with Gasteiger partial charge in [-0.2, -0.15) is 0 Å². The molecule has 3 fully saturated rings. The van der Waals surface area contributed by atoms with E-state index in [-0.39, 0.29) is 36.1 Å². The van der Waals surface area contributed by atoms with E-state index in [4.69, 9.17) is 4.74 Å². The SMILES string of the molecule is C=CCNC(=O)C(=O)C(CCCC)NC(=O)[C@@H]1[C@@H]2[C@H](CN1C(=O)[C@@H](NC(=O)N[C@@]1(C(=O)OC(C)(C)C)[C@H](C)C1(C)C)C(C)(C)C)C2(C)C. The van der Waals surface area contributed by atoms with E-state index in [9.17, 15) is 28.8 Å².